The predicted molar refractivity (Wildman–Crippen MR) is 90.6 cm³/mol. The van der Waals surface area contributed by atoms with Crippen molar-refractivity contribution >= 4 is 23.2 Å². The molecule has 0 rings (SSSR count). The molecule has 0 nitrogen and oxygen atoms in total. The summed E-state index contributed by atoms with van der Waals surface area (Å²) in [6.45, 7) is 6.80. The molecule has 0 aromatic rings. The first-order valence-corrected chi connectivity index (χ1v) is 9.29. The number of rotatable bonds is 13. The molecule has 116 valence electrons. The minimum absolute atomic E-state index is 0.180. The molecule has 0 aromatic carbocycles. The maximum Gasteiger partial charge on any atom is 0.0291 e. The maximum atomic E-state index is 6.18. The Labute approximate surface area is 131 Å². The van der Waals surface area contributed by atoms with E-state index in [-0.39, 0.29) is 5.41 Å². The van der Waals surface area contributed by atoms with Crippen LogP contribution in [0.15, 0.2) is 0 Å². The van der Waals surface area contributed by atoms with Crippen molar-refractivity contribution in [2.45, 2.75) is 85.0 Å². The van der Waals surface area contributed by atoms with E-state index in [9.17, 15) is 0 Å². The maximum absolute atomic E-state index is 6.18. The summed E-state index contributed by atoms with van der Waals surface area (Å²) >= 11 is 12.4. The third-order valence-corrected chi connectivity index (χ3v) is 5.10. The minimum atomic E-state index is 0.180. The van der Waals surface area contributed by atoms with Crippen molar-refractivity contribution in [1.29, 1.82) is 0 Å². The van der Waals surface area contributed by atoms with Crippen molar-refractivity contribution in [2.24, 2.45) is 11.3 Å². The van der Waals surface area contributed by atoms with E-state index in [0.29, 0.717) is 17.7 Å². The van der Waals surface area contributed by atoms with Gasteiger partial charge in [0.05, 0.1) is 0 Å². The molecular weight excluding hydrogens is 275 g/mol. The molecule has 0 aromatic heterocycles. The Bertz CT molecular complexity index is 186. The second kappa shape index (κ2) is 12.3. The van der Waals surface area contributed by atoms with Crippen LogP contribution in [-0.4, -0.2) is 11.8 Å². The summed E-state index contributed by atoms with van der Waals surface area (Å²) in [7, 11) is 0. The summed E-state index contributed by atoms with van der Waals surface area (Å²) in [5.74, 6) is 2.11. The molecule has 0 unspecified atom stereocenters. The van der Waals surface area contributed by atoms with Gasteiger partial charge < -0.3 is 0 Å². The normalized spacial score (nSPS) is 12.3. The molecule has 0 atom stereocenters. The molecule has 2 heteroatoms. The average molecular weight is 309 g/mol. The van der Waals surface area contributed by atoms with Gasteiger partial charge in [-0.25, -0.2) is 0 Å². The van der Waals surface area contributed by atoms with Gasteiger partial charge in [0.15, 0.2) is 0 Å². The van der Waals surface area contributed by atoms with Crippen molar-refractivity contribution in [3.8, 4) is 0 Å². The molecule has 0 aliphatic heterocycles. The van der Waals surface area contributed by atoms with Crippen LogP contribution in [0, 0.1) is 11.3 Å². The van der Waals surface area contributed by atoms with E-state index in [4.69, 9.17) is 23.2 Å². The van der Waals surface area contributed by atoms with E-state index in [1.807, 2.05) is 0 Å². The molecule has 0 radical (unpaired) electrons. The number of halogens is 2. The second-order valence-electron chi connectivity index (χ2n) is 6.59. The highest BCUT2D eigenvalue weighted by molar-refractivity contribution is 6.21. The molecule has 19 heavy (non-hydrogen) atoms. The van der Waals surface area contributed by atoms with Gasteiger partial charge in [-0.2, -0.15) is 0 Å². The van der Waals surface area contributed by atoms with Gasteiger partial charge in [0.1, 0.15) is 0 Å². The molecule has 0 aliphatic carbocycles. The third kappa shape index (κ3) is 10.0. The number of hydrogen-bond donors (Lipinski definition) is 0. The molecule has 0 saturated heterocycles. The lowest BCUT2D eigenvalue weighted by Crippen LogP contribution is -2.27. The van der Waals surface area contributed by atoms with Crippen molar-refractivity contribution in [3.63, 3.8) is 0 Å². The van der Waals surface area contributed by atoms with Crippen LogP contribution in [0.3, 0.4) is 0 Å². The second-order valence-corrected chi connectivity index (χ2v) is 7.12. The van der Waals surface area contributed by atoms with Crippen LogP contribution in [0.5, 0.6) is 0 Å². The van der Waals surface area contributed by atoms with Crippen molar-refractivity contribution < 1.29 is 0 Å². The van der Waals surface area contributed by atoms with E-state index in [1.54, 1.807) is 0 Å². The quantitative estimate of drug-likeness (QED) is 0.253. The average Bonchev–Trinajstić information content (AvgIpc) is 2.40. The third-order valence-electron chi connectivity index (χ3n) is 3.97. The van der Waals surface area contributed by atoms with E-state index in [0.717, 1.165) is 6.42 Å². The van der Waals surface area contributed by atoms with E-state index >= 15 is 0 Å². The molecular formula is C17H34Cl2. The summed E-state index contributed by atoms with van der Waals surface area (Å²) < 4.78 is 0. The first-order chi connectivity index (χ1) is 9.10. The predicted octanol–water partition coefficient (Wildman–Crippen LogP) is 7.03. The monoisotopic (exact) mass is 308 g/mol. The standard InChI is InChI=1S/C17H34Cl2/c1-4-5-6-7-8-9-10-11-12-17(14-18,15-19)13-16(2)3/h16H,4-15H2,1-3H3. The van der Waals surface area contributed by atoms with Crippen LogP contribution in [0.25, 0.3) is 0 Å². The topological polar surface area (TPSA) is 0 Å². The van der Waals surface area contributed by atoms with Gasteiger partial charge in [0, 0.05) is 11.8 Å². The van der Waals surface area contributed by atoms with Gasteiger partial charge in [-0.1, -0.05) is 72.1 Å². The Morgan fingerprint density at radius 2 is 1.26 bits per heavy atom. The molecule has 0 bridgehead atoms. The van der Waals surface area contributed by atoms with Gasteiger partial charge in [0.2, 0.25) is 0 Å². The van der Waals surface area contributed by atoms with Gasteiger partial charge >= 0.3 is 0 Å². The SMILES string of the molecule is CCCCCCCCCCC(CCl)(CCl)CC(C)C. The largest absolute Gasteiger partial charge is 0.126 e. The smallest absolute Gasteiger partial charge is 0.0291 e. The lowest BCUT2D eigenvalue weighted by Gasteiger charge is -2.31. The lowest BCUT2D eigenvalue weighted by molar-refractivity contribution is 0.265. The highest BCUT2D eigenvalue weighted by Crippen LogP contribution is 2.35. The zero-order valence-electron chi connectivity index (χ0n) is 13.3. The fourth-order valence-corrected chi connectivity index (χ4v) is 3.65. The molecule has 0 fully saturated rings. The first-order valence-electron chi connectivity index (χ1n) is 8.22. The summed E-state index contributed by atoms with van der Waals surface area (Å²) in [6, 6.07) is 0. The fourth-order valence-electron chi connectivity index (χ4n) is 2.88. The highest BCUT2D eigenvalue weighted by Gasteiger charge is 2.28. The van der Waals surface area contributed by atoms with Gasteiger partial charge in [-0.3, -0.25) is 0 Å². The van der Waals surface area contributed by atoms with Crippen LogP contribution in [0.4, 0.5) is 0 Å². The number of alkyl halides is 2. The Morgan fingerprint density at radius 1 is 0.789 bits per heavy atom. The number of hydrogen-bond acceptors (Lipinski definition) is 0. The summed E-state index contributed by atoms with van der Waals surface area (Å²) in [5, 5.41) is 0. The summed E-state index contributed by atoms with van der Waals surface area (Å²) in [6.07, 6.45) is 13.3. The van der Waals surface area contributed by atoms with Crippen LogP contribution in [-0.2, 0) is 0 Å². The number of unbranched alkanes of at least 4 members (excludes halogenated alkanes) is 7. The van der Waals surface area contributed by atoms with Crippen molar-refractivity contribution in [2.75, 3.05) is 11.8 Å². The Morgan fingerprint density at radius 3 is 1.68 bits per heavy atom. The summed E-state index contributed by atoms with van der Waals surface area (Å²) in [5.41, 5.74) is 0.180. The van der Waals surface area contributed by atoms with Crippen LogP contribution >= 0.6 is 23.2 Å². The minimum Gasteiger partial charge on any atom is -0.126 e. The zero-order valence-corrected chi connectivity index (χ0v) is 14.8. The van der Waals surface area contributed by atoms with Gasteiger partial charge in [0.25, 0.3) is 0 Å². The van der Waals surface area contributed by atoms with E-state index in [2.05, 4.69) is 20.8 Å². The Balaban J connectivity index is 3.70. The van der Waals surface area contributed by atoms with Crippen LogP contribution in [0.2, 0.25) is 0 Å². The molecule has 0 aliphatic rings. The fraction of sp³-hybridized carbons (Fsp3) is 1.00. The summed E-state index contributed by atoms with van der Waals surface area (Å²) in [4.78, 5) is 0. The van der Waals surface area contributed by atoms with Crippen molar-refractivity contribution in [3.05, 3.63) is 0 Å². The van der Waals surface area contributed by atoms with Gasteiger partial charge in [-0.15, -0.1) is 23.2 Å². The van der Waals surface area contributed by atoms with Crippen LogP contribution in [0.1, 0.15) is 85.0 Å². The van der Waals surface area contributed by atoms with E-state index < -0.39 is 0 Å². The van der Waals surface area contributed by atoms with E-state index in [1.165, 1.54) is 57.8 Å². The molecule has 0 amide bonds. The molecule has 0 spiro atoms. The Kier molecular flexibility index (Phi) is 12.7. The van der Waals surface area contributed by atoms with Crippen molar-refractivity contribution in [1.82, 2.24) is 0 Å². The Hall–Kier alpha value is 0.580. The molecule has 0 saturated carbocycles. The van der Waals surface area contributed by atoms with Gasteiger partial charge in [-0.05, 0) is 24.2 Å². The zero-order chi connectivity index (χ0) is 14.6. The molecule has 0 N–H and O–H groups in total. The highest BCUT2D eigenvalue weighted by atomic mass is 35.5. The lowest BCUT2D eigenvalue weighted by atomic mass is 9.79. The first kappa shape index (κ1) is 19.6. The van der Waals surface area contributed by atoms with Crippen LogP contribution < -0.4 is 0 Å². The molecule has 0 heterocycles.